The molecular formula is C5H4N2O3. The highest BCUT2D eigenvalue weighted by atomic mass is 16.4. The number of carboxylic acids is 1. The van der Waals surface area contributed by atoms with Crippen LogP contribution >= 0.6 is 0 Å². The summed E-state index contributed by atoms with van der Waals surface area (Å²) >= 11 is 0. The number of isocyanates is 1. The topological polar surface area (TPSA) is 90.5 Å². The molecule has 0 amide bonds. The largest absolute Gasteiger partial charge is 0.480 e. The monoisotopic (exact) mass is 140 g/mol. The molecule has 0 aromatic heterocycles. The quantitative estimate of drug-likeness (QED) is 0.430. The zero-order valence-corrected chi connectivity index (χ0v) is 4.94. The number of carboxylic acid groups (broad SMARTS) is 1. The Morgan fingerprint density at radius 3 is 2.70 bits per heavy atom. The minimum absolute atomic E-state index is 0.301. The normalized spacial score (nSPS) is 10.7. The molecule has 5 heteroatoms. The molecule has 52 valence electrons. The summed E-state index contributed by atoms with van der Waals surface area (Å²) in [5.41, 5.74) is 0. The van der Waals surface area contributed by atoms with Crippen molar-refractivity contribution in [2.75, 3.05) is 0 Å². The first-order valence-electron chi connectivity index (χ1n) is 2.39. The van der Waals surface area contributed by atoms with E-state index in [0.717, 1.165) is 6.08 Å². The number of aliphatic carboxylic acids is 1. The fourth-order valence-electron chi connectivity index (χ4n) is 0.338. The summed E-state index contributed by atoms with van der Waals surface area (Å²) in [5, 5.41) is 16.2. The van der Waals surface area contributed by atoms with Crippen LogP contribution in [0, 0.1) is 11.3 Å². The second-order valence-corrected chi connectivity index (χ2v) is 1.44. The van der Waals surface area contributed by atoms with Gasteiger partial charge in [0.15, 0.2) is 6.04 Å². The van der Waals surface area contributed by atoms with Crippen LogP contribution in [-0.4, -0.2) is 23.2 Å². The third-order valence-corrected chi connectivity index (χ3v) is 0.778. The molecule has 1 N–H and O–H groups in total. The smallest absolute Gasteiger partial charge is 0.330 e. The lowest BCUT2D eigenvalue weighted by Gasteiger charge is -1.95. The molecule has 0 heterocycles. The van der Waals surface area contributed by atoms with Crippen molar-refractivity contribution in [2.45, 2.75) is 12.5 Å². The molecule has 0 bridgehead atoms. The van der Waals surface area contributed by atoms with Crippen LogP contribution in [0.25, 0.3) is 0 Å². The Morgan fingerprint density at radius 2 is 2.40 bits per heavy atom. The fraction of sp³-hybridized carbons (Fsp3) is 0.400. The Kier molecular flexibility index (Phi) is 3.54. The van der Waals surface area contributed by atoms with E-state index in [1.807, 2.05) is 0 Å². The van der Waals surface area contributed by atoms with E-state index in [-0.39, 0.29) is 6.42 Å². The number of nitriles is 1. The molecule has 0 spiro atoms. The first-order valence-corrected chi connectivity index (χ1v) is 2.39. The first kappa shape index (κ1) is 8.34. The molecule has 0 aromatic carbocycles. The number of carbonyl (C=O) groups excluding carboxylic acids is 1. The van der Waals surface area contributed by atoms with Crippen LogP contribution in [0.15, 0.2) is 4.99 Å². The van der Waals surface area contributed by atoms with Gasteiger partial charge < -0.3 is 5.11 Å². The van der Waals surface area contributed by atoms with Crippen LogP contribution in [0.5, 0.6) is 0 Å². The average Bonchev–Trinajstić information content (AvgIpc) is 1.87. The summed E-state index contributed by atoms with van der Waals surface area (Å²) < 4.78 is 0. The van der Waals surface area contributed by atoms with Gasteiger partial charge in [-0.15, -0.1) is 0 Å². The third kappa shape index (κ3) is 2.60. The standard InChI is InChI=1S/C5H4N2O3/c6-2-1-4(5(9)10)7-3-8/h4H,1H2,(H,9,10). The van der Waals surface area contributed by atoms with Gasteiger partial charge in [0.05, 0.1) is 12.5 Å². The van der Waals surface area contributed by atoms with Crippen molar-refractivity contribution in [2.24, 2.45) is 4.99 Å². The van der Waals surface area contributed by atoms with Gasteiger partial charge in [0.1, 0.15) is 0 Å². The highest BCUT2D eigenvalue weighted by Crippen LogP contribution is 1.94. The van der Waals surface area contributed by atoms with Crippen LogP contribution in [0.4, 0.5) is 0 Å². The Balaban J connectivity index is 4.14. The highest BCUT2D eigenvalue weighted by Gasteiger charge is 2.14. The molecule has 0 rings (SSSR count). The van der Waals surface area contributed by atoms with E-state index >= 15 is 0 Å². The summed E-state index contributed by atoms with van der Waals surface area (Å²) in [7, 11) is 0. The lowest BCUT2D eigenvalue weighted by atomic mass is 10.2. The minimum atomic E-state index is -1.29. The number of aliphatic imine (C=N–C) groups is 1. The highest BCUT2D eigenvalue weighted by molar-refractivity contribution is 5.75. The molecule has 0 saturated heterocycles. The zero-order valence-electron chi connectivity index (χ0n) is 4.94. The molecule has 5 nitrogen and oxygen atoms in total. The van der Waals surface area contributed by atoms with Crippen molar-refractivity contribution < 1.29 is 14.7 Å². The maximum atomic E-state index is 10.1. The van der Waals surface area contributed by atoms with Gasteiger partial charge in [-0.3, -0.25) is 0 Å². The van der Waals surface area contributed by atoms with E-state index in [1.165, 1.54) is 0 Å². The van der Waals surface area contributed by atoms with E-state index < -0.39 is 12.0 Å². The number of carbonyl (C=O) groups is 1. The maximum Gasteiger partial charge on any atom is 0.330 e. The maximum absolute atomic E-state index is 10.1. The summed E-state index contributed by atoms with van der Waals surface area (Å²) in [6, 6.07) is 0.319. The minimum Gasteiger partial charge on any atom is -0.480 e. The predicted molar refractivity (Wildman–Crippen MR) is 29.8 cm³/mol. The predicted octanol–water partition coefficient (Wildman–Crippen LogP) is -0.311. The van der Waals surface area contributed by atoms with E-state index in [9.17, 15) is 9.59 Å². The van der Waals surface area contributed by atoms with E-state index in [2.05, 4.69) is 4.99 Å². The van der Waals surface area contributed by atoms with Crippen LogP contribution in [0.1, 0.15) is 6.42 Å². The molecule has 1 atom stereocenters. The number of nitrogens with zero attached hydrogens (tertiary/aromatic N) is 2. The molecule has 0 fully saturated rings. The fourth-order valence-corrected chi connectivity index (χ4v) is 0.338. The van der Waals surface area contributed by atoms with Crippen molar-refractivity contribution in [3.63, 3.8) is 0 Å². The third-order valence-electron chi connectivity index (χ3n) is 0.778. The zero-order chi connectivity index (χ0) is 7.98. The molecule has 0 aliphatic carbocycles. The van der Waals surface area contributed by atoms with Gasteiger partial charge in [0.2, 0.25) is 6.08 Å². The SMILES string of the molecule is N#CCC(N=C=O)C(=O)O. The van der Waals surface area contributed by atoms with Gasteiger partial charge in [-0.05, 0) is 0 Å². The summed E-state index contributed by atoms with van der Waals surface area (Å²) in [5.74, 6) is -1.29. The van der Waals surface area contributed by atoms with E-state index in [0.29, 0.717) is 0 Å². The Morgan fingerprint density at radius 1 is 1.80 bits per heavy atom. The molecule has 0 aromatic rings. The van der Waals surface area contributed by atoms with Crippen molar-refractivity contribution >= 4 is 12.0 Å². The molecular weight excluding hydrogens is 136 g/mol. The van der Waals surface area contributed by atoms with Crippen molar-refractivity contribution in [3.05, 3.63) is 0 Å². The van der Waals surface area contributed by atoms with E-state index in [1.54, 1.807) is 6.07 Å². The van der Waals surface area contributed by atoms with Crippen LogP contribution in [-0.2, 0) is 9.59 Å². The van der Waals surface area contributed by atoms with Gasteiger partial charge in [0.25, 0.3) is 0 Å². The molecule has 10 heavy (non-hydrogen) atoms. The summed E-state index contributed by atoms with van der Waals surface area (Å²) in [6.45, 7) is 0. The Hall–Kier alpha value is -1.66. The van der Waals surface area contributed by atoms with Gasteiger partial charge in [-0.25, -0.2) is 9.59 Å². The molecule has 1 unspecified atom stereocenters. The Labute approximate surface area is 56.6 Å². The van der Waals surface area contributed by atoms with Crippen LogP contribution in [0.2, 0.25) is 0 Å². The molecule has 0 aliphatic heterocycles. The van der Waals surface area contributed by atoms with Crippen molar-refractivity contribution in [1.29, 1.82) is 5.26 Å². The van der Waals surface area contributed by atoms with E-state index in [4.69, 9.17) is 10.4 Å². The van der Waals surface area contributed by atoms with Gasteiger partial charge in [-0.2, -0.15) is 10.3 Å². The summed E-state index contributed by atoms with van der Waals surface area (Å²) in [6.07, 6.45) is 0.776. The Bertz CT molecular complexity index is 209. The lowest BCUT2D eigenvalue weighted by molar-refractivity contribution is -0.138. The molecule has 0 radical (unpaired) electrons. The van der Waals surface area contributed by atoms with Gasteiger partial charge >= 0.3 is 5.97 Å². The van der Waals surface area contributed by atoms with Crippen molar-refractivity contribution in [3.8, 4) is 6.07 Å². The second-order valence-electron chi connectivity index (χ2n) is 1.44. The van der Waals surface area contributed by atoms with Crippen LogP contribution < -0.4 is 0 Å². The van der Waals surface area contributed by atoms with Gasteiger partial charge in [0, 0.05) is 0 Å². The lowest BCUT2D eigenvalue weighted by Crippen LogP contribution is -2.16. The summed E-state index contributed by atoms with van der Waals surface area (Å²) in [4.78, 5) is 22.5. The molecule has 0 saturated carbocycles. The number of hydrogen-bond donors (Lipinski definition) is 1. The molecule has 0 aliphatic rings. The number of rotatable bonds is 3. The average molecular weight is 140 g/mol. The van der Waals surface area contributed by atoms with Crippen LogP contribution in [0.3, 0.4) is 0 Å². The first-order chi connectivity index (χ1) is 4.72. The second kappa shape index (κ2) is 4.24. The number of hydrogen-bond acceptors (Lipinski definition) is 4. The van der Waals surface area contributed by atoms with Crippen molar-refractivity contribution in [1.82, 2.24) is 0 Å². The van der Waals surface area contributed by atoms with Gasteiger partial charge in [-0.1, -0.05) is 0 Å².